The standard InChI is InChI=1S/C21H20N2O3S2/c1-4-13-23-18-7-5-6-8-19(18)27-21(23)22-20(24)14-16-9-11-17(12-10-16)28(25,26)15(2)3/h1,5-12,15H,13-14H2,2-3H3. The summed E-state index contributed by atoms with van der Waals surface area (Å²) in [7, 11) is -3.33. The van der Waals surface area contributed by atoms with Crippen LogP contribution in [0.3, 0.4) is 0 Å². The molecule has 2 aromatic carbocycles. The van der Waals surface area contributed by atoms with E-state index in [0.29, 0.717) is 16.9 Å². The van der Waals surface area contributed by atoms with Gasteiger partial charge in [-0.15, -0.1) is 6.42 Å². The second-order valence-corrected chi connectivity index (χ2v) is 10.1. The van der Waals surface area contributed by atoms with Crippen LogP contribution in [0.25, 0.3) is 10.2 Å². The Kier molecular flexibility index (Phi) is 5.82. The number of nitrogens with zero attached hydrogens (tertiary/aromatic N) is 2. The van der Waals surface area contributed by atoms with E-state index in [9.17, 15) is 13.2 Å². The summed E-state index contributed by atoms with van der Waals surface area (Å²) in [5, 5.41) is -0.491. The number of benzene rings is 2. The van der Waals surface area contributed by atoms with Gasteiger partial charge in [0, 0.05) is 0 Å². The lowest BCUT2D eigenvalue weighted by molar-refractivity contribution is -0.117. The average Bonchev–Trinajstić information content (AvgIpc) is 2.99. The second kappa shape index (κ2) is 8.13. The molecule has 5 nitrogen and oxygen atoms in total. The molecule has 144 valence electrons. The van der Waals surface area contributed by atoms with Gasteiger partial charge in [0.15, 0.2) is 14.6 Å². The summed E-state index contributed by atoms with van der Waals surface area (Å²) >= 11 is 1.41. The maximum atomic E-state index is 12.5. The highest BCUT2D eigenvalue weighted by molar-refractivity contribution is 7.92. The van der Waals surface area contributed by atoms with Crippen LogP contribution in [0.15, 0.2) is 58.4 Å². The number of rotatable bonds is 5. The predicted molar refractivity (Wildman–Crippen MR) is 112 cm³/mol. The van der Waals surface area contributed by atoms with Crippen molar-refractivity contribution in [2.24, 2.45) is 4.99 Å². The van der Waals surface area contributed by atoms with Crippen molar-refractivity contribution >= 4 is 37.3 Å². The van der Waals surface area contributed by atoms with Crippen LogP contribution in [0, 0.1) is 12.3 Å². The van der Waals surface area contributed by atoms with E-state index in [1.54, 1.807) is 26.0 Å². The summed E-state index contributed by atoms with van der Waals surface area (Å²) < 4.78 is 27.2. The number of sulfone groups is 1. The van der Waals surface area contributed by atoms with Crippen molar-refractivity contribution in [3.8, 4) is 12.3 Å². The predicted octanol–water partition coefficient (Wildman–Crippen LogP) is 3.19. The van der Waals surface area contributed by atoms with Crippen LogP contribution >= 0.6 is 11.3 Å². The quantitative estimate of drug-likeness (QED) is 0.605. The van der Waals surface area contributed by atoms with E-state index in [1.807, 2.05) is 28.8 Å². The Morgan fingerprint density at radius 1 is 1.18 bits per heavy atom. The fourth-order valence-corrected chi connectivity index (χ4v) is 4.85. The lowest BCUT2D eigenvalue weighted by atomic mass is 10.1. The third-order valence-electron chi connectivity index (χ3n) is 4.29. The number of aromatic nitrogens is 1. The molecule has 1 aromatic heterocycles. The zero-order valence-corrected chi connectivity index (χ0v) is 17.3. The highest BCUT2D eigenvalue weighted by Gasteiger charge is 2.18. The van der Waals surface area contributed by atoms with Gasteiger partial charge in [0.1, 0.15) is 0 Å². The number of hydrogen-bond acceptors (Lipinski definition) is 4. The molecular weight excluding hydrogens is 392 g/mol. The zero-order valence-electron chi connectivity index (χ0n) is 15.6. The molecule has 0 radical (unpaired) electrons. The van der Waals surface area contributed by atoms with Gasteiger partial charge >= 0.3 is 0 Å². The fourth-order valence-electron chi connectivity index (χ4n) is 2.74. The molecule has 0 bridgehead atoms. The highest BCUT2D eigenvalue weighted by atomic mass is 32.2. The molecular formula is C21H20N2O3S2. The molecule has 1 amide bonds. The van der Waals surface area contributed by atoms with E-state index in [1.165, 1.54) is 23.5 Å². The number of fused-ring (bicyclic) bond motifs is 1. The van der Waals surface area contributed by atoms with Crippen molar-refractivity contribution in [2.75, 3.05) is 0 Å². The number of carbonyl (C=O) groups excluding carboxylic acids is 1. The SMILES string of the molecule is C#CCn1c(=NC(=O)Cc2ccc(S(=O)(=O)C(C)C)cc2)sc2ccccc21. The molecule has 0 N–H and O–H groups in total. The van der Waals surface area contributed by atoms with Gasteiger partial charge in [-0.1, -0.05) is 41.5 Å². The first-order valence-electron chi connectivity index (χ1n) is 8.75. The van der Waals surface area contributed by atoms with Gasteiger partial charge in [-0.05, 0) is 43.7 Å². The highest BCUT2D eigenvalue weighted by Crippen LogP contribution is 2.18. The Balaban J connectivity index is 1.87. The first-order valence-corrected chi connectivity index (χ1v) is 11.1. The normalized spacial score (nSPS) is 12.4. The summed E-state index contributed by atoms with van der Waals surface area (Å²) in [5.74, 6) is 2.29. The van der Waals surface area contributed by atoms with Crippen LogP contribution in [0.2, 0.25) is 0 Å². The van der Waals surface area contributed by atoms with Crippen molar-refractivity contribution in [1.82, 2.24) is 4.57 Å². The smallest absolute Gasteiger partial charge is 0.252 e. The molecule has 0 fully saturated rings. The van der Waals surface area contributed by atoms with E-state index in [0.717, 1.165) is 10.2 Å². The van der Waals surface area contributed by atoms with Gasteiger partial charge in [-0.2, -0.15) is 4.99 Å². The monoisotopic (exact) mass is 412 g/mol. The van der Waals surface area contributed by atoms with Gasteiger partial charge in [-0.25, -0.2) is 8.42 Å². The first-order chi connectivity index (χ1) is 13.3. The number of hydrogen-bond donors (Lipinski definition) is 0. The average molecular weight is 413 g/mol. The molecule has 3 rings (SSSR count). The van der Waals surface area contributed by atoms with E-state index in [4.69, 9.17) is 6.42 Å². The zero-order chi connectivity index (χ0) is 20.3. The largest absolute Gasteiger partial charge is 0.305 e. The minimum absolute atomic E-state index is 0.0896. The van der Waals surface area contributed by atoms with Crippen molar-refractivity contribution in [3.63, 3.8) is 0 Å². The van der Waals surface area contributed by atoms with Gasteiger partial charge < -0.3 is 4.57 Å². The second-order valence-electron chi connectivity index (χ2n) is 6.56. The number of thiazole rings is 1. The van der Waals surface area contributed by atoms with Crippen LogP contribution < -0.4 is 4.80 Å². The van der Waals surface area contributed by atoms with Crippen molar-refractivity contribution < 1.29 is 13.2 Å². The summed E-state index contributed by atoms with van der Waals surface area (Å²) in [6, 6.07) is 14.1. The summed E-state index contributed by atoms with van der Waals surface area (Å²) in [5.41, 5.74) is 1.65. The topological polar surface area (TPSA) is 68.5 Å². The van der Waals surface area contributed by atoms with Crippen molar-refractivity contribution in [3.05, 3.63) is 58.9 Å². The van der Waals surface area contributed by atoms with Crippen LogP contribution in [-0.2, 0) is 27.6 Å². The molecule has 3 aromatic rings. The Morgan fingerprint density at radius 2 is 1.86 bits per heavy atom. The summed E-state index contributed by atoms with van der Waals surface area (Å²) in [4.78, 5) is 17.5. The van der Waals surface area contributed by atoms with Crippen LogP contribution in [-0.4, -0.2) is 24.1 Å². The lowest BCUT2D eigenvalue weighted by Crippen LogP contribution is -2.17. The van der Waals surface area contributed by atoms with E-state index >= 15 is 0 Å². The summed E-state index contributed by atoms with van der Waals surface area (Å²) in [6.07, 6.45) is 5.55. The van der Waals surface area contributed by atoms with E-state index in [2.05, 4.69) is 10.9 Å². The van der Waals surface area contributed by atoms with Crippen LogP contribution in [0.5, 0.6) is 0 Å². The van der Waals surface area contributed by atoms with Crippen molar-refractivity contribution in [1.29, 1.82) is 0 Å². The Hall–Kier alpha value is -2.69. The van der Waals surface area contributed by atoms with Gasteiger partial charge in [-0.3, -0.25) is 4.79 Å². The van der Waals surface area contributed by atoms with Gasteiger partial charge in [0.2, 0.25) is 0 Å². The van der Waals surface area contributed by atoms with Crippen molar-refractivity contribution in [2.45, 2.75) is 37.0 Å². The molecule has 0 aliphatic rings. The minimum atomic E-state index is -3.33. The van der Waals surface area contributed by atoms with Crippen LogP contribution in [0.1, 0.15) is 19.4 Å². The molecule has 0 unspecified atom stereocenters. The molecule has 0 aliphatic carbocycles. The minimum Gasteiger partial charge on any atom is -0.305 e. The van der Waals surface area contributed by atoms with Crippen LogP contribution in [0.4, 0.5) is 0 Å². The fraction of sp³-hybridized carbons (Fsp3) is 0.238. The van der Waals surface area contributed by atoms with E-state index < -0.39 is 15.1 Å². The van der Waals surface area contributed by atoms with Gasteiger partial charge in [0.25, 0.3) is 5.91 Å². The third kappa shape index (κ3) is 4.08. The number of carbonyl (C=O) groups is 1. The maximum absolute atomic E-state index is 12.5. The molecule has 28 heavy (non-hydrogen) atoms. The number of amides is 1. The summed E-state index contributed by atoms with van der Waals surface area (Å²) in [6.45, 7) is 3.61. The molecule has 0 atom stereocenters. The number of para-hydroxylation sites is 1. The molecule has 0 spiro atoms. The number of terminal acetylenes is 1. The Labute approximate surface area is 168 Å². The van der Waals surface area contributed by atoms with E-state index in [-0.39, 0.29) is 17.2 Å². The lowest BCUT2D eigenvalue weighted by Gasteiger charge is -2.08. The Morgan fingerprint density at radius 3 is 2.50 bits per heavy atom. The molecule has 0 aliphatic heterocycles. The first kappa shape index (κ1) is 20.1. The molecule has 7 heteroatoms. The molecule has 0 saturated carbocycles. The molecule has 0 saturated heterocycles. The molecule has 1 heterocycles. The Bertz CT molecular complexity index is 1230. The van der Waals surface area contributed by atoms with Gasteiger partial charge in [0.05, 0.1) is 33.3 Å². The third-order valence-corrected chi connectivity index (χ3v) is 7.52. The maximum Gasteiger partial charge on any atom is 0.252 e.